The van der Waals surface area contributed by atoms with Crippen LogP contribution >= 0.6 is 24.8 Å². The summed E-state index contributed by atoms with van der Waals surface area (Å²) in [6.45, 7) is 5.83. The van der Waals surface area contributed by atoms with Gasteiger partial charge in [0, 0.05) is 19.0 Å². The fourth-order valence-electron chi connectivity index (χ4n) is 1.75. The van der Waals surface area contributed by atoms with Gasteiger partial charge < -0.3 is 16.0 Å². The van der Waals surface area contributed by atoms with Crippen LogP contribution < -0.4 is 11.1 Å². The van der Waals surface area contributed by atoms with Gasteiger partial charge in [0.1, 0.15) is 0 Å². The first-order chi connectivity index (χ1) is 7.45. The van der Waals surface area contributed by atoms with Crippen LogP contribution in [0.15, 0.2) is 0 Å². The van der Waals surface area contributed by atoms with Crippen molar-refractivity contribution in [1.82, 2.24) is 10.2 Å². The van der Waals surface area contributed by atoms with Crippen LogP contribution in [0.25, 0.3) is 0 Å². The Hall–Kier alpha value is -0.0300. The predicted octanol–water partition coefficient (Wildman–Crippen LogP) is 1.66. The minimum absolute atomic E-state index is 0. The van der Waals surface area contributed by atoms with Crippen molar-refractivity contribution >= 4 is 30.7 Å². The maximum Gasteiger partial charge on any atom is 0.220 e. The summed E-state index contributed by atoms with van der Waals surface area (Å²) < 4.78 is 0. The van der Waals surface area contributed by atoms with E-state index in [4.69, 9.17) is 5.73 Å². The third kappa shape index (κ3) is 14.0. The summed E-state index contributed by atoms with van der Waals surface area (Å²) in [4.78, 5) is 13.7. The first-order valence-electron chi connectivity index (χ1n) is 6.09. The van der Waals surface area contributed by atoms with Crippen molar-refractivity contribution in [2.75, 3.05) is 27.2 Å². The lowest BCUT2D eigenvalue weighted by atomic mass is 10.0. The van der Waals surface area contributed by atoms with E-state index in [1.54, 1.807) is 0 Å². The number of carbonyl (C=O) groups excluding carboxylic acids is 1. The molecule has 0 aromatic rings. The molecule has 0 spiro atoms. The van der Waals surface area contributed by atoms with E-state index in [1.807, 2.05) is 14.1 Å². The van der Waals surface area contributed by atoms with Crippen LogP contribution in [-0.4, -0.2) is 44.0 Å². The van der Waals surface area contributed by atoms with E-state index in [0.29, 0.717) is 18.9 Å². The molecule has 0 aliphatic carbocycles. The van der Waals surface area contributed by atoms with Crippen LogP contribution in [0, 0.1) is 5.92 Å². The molecule has 0 rings (SSSR count). The number of amides is 1. The normalized spacial score (nSPS) is 11.7. The van der Waals surface area contributed by atoms with Crippen molar-refractivity contribution in [2.45, 2.75) is 39.2 Å². The van der Waals surface area contributed by atoms with Gasteiger partial charge in [0.25, 0.3) is 0 Å². The molecule has 0 aromatic heterocycles. The molecular weight excluding hydrogens is 273 g/mol. The lowest BCUT2D eigenvalue weighted by molar-refractivity contribution is -0.122. The Morgan fingerprint density at radius 2 is 1.83 bits per heavy atom. The van der Waals surface area contributed by atoms with E-state index >= 15 is 0 Å². The zero-order valence-corrected chi connectivity index (χ0v) is 13.6. The molecule has 0 aliphatic rings. The predicted molar refractivity (Wildman–Crippen MR) is 82.7 cm³/mol. The molecule has 1 amide bonds. The lowest BCUT2D eigenvalue weighted by Gasteiger charge is -2.24. The van der Waals surface area contributed by atoms with Crippen molar-refractivity contribution < 1.29 is 4.79 Å². The van der Waals surface area contributed by atoms with E-state index in [1.165, 1.54) is 0 Å². The lowest BCUT2D eigenvalue weighted by Crippen LogP contribution is -2.42. The average molecular weight is 302 g/mol. The van der Waals surface area contributed by atoms with Gasteiger partial charge in [0.15, 0.2) is 0 Å². The van der Waals surface area contributed by atoms with Gasteiger partial charge in [-0.3, -0.25) is 4.79 Å². The number of hydrogen-bond donors (Lipinski definition) is 2. The number of nitrogens with one attached hydrogen (secondary N) is 1. The second kappa shape index (κ2) is 13.4. The van der Waals surface area contributed by atoms with Crippen LogP contribution in [0.5, 0.6) is 0 Å². The molecule has 0 saturated heterocycles. The van der Waals surface area contributed by atoms with Crippen molar-refractivity contribution in [2.24, 2.45) is 11.7 Å². The number of hydrogen-bond acceptors (Lipinski definition) is 3. The van der Waals surface area contributed by atoms with Gasteiger partial charge in [-0.25, -0.2) is 0 Å². The number of halogens is 2. The third-order valence-corrected chi connectivity index (χ3v) is 2.31. The molecule has 18 heavy (non-hydrogen) atoms. The van der Waals surface area contributed by atoms with Crippen LogP contribution in [0.2, 0.25) is 0 Å². The molecule has 0 saturated carbocycles. The zero-order chi connectivity index (χ0) is 12.6. The average Bonchev–Trinajstić information content (AvgIpc) is 2.12. The molecule has 1 unspecified atom stereocenters. The molecule has 0 heterocycles. The fraction of sp³-hybridized carbons (Fsp3) is 0.917. The number of rotatable bonds is 8. The molecule has 0 fully saturated rings. The minimum Gasteiger partial charge on any atom is -0.352 e. The SMILES string of the molecule is CC(C)CC(CN(C)C)NC(=O)CCCN.Cl.Cl. The smallest absolute Gasteiger partial charge is 0.220 e. The molecule has 0 radical (unpaired) electrons. The summed E-state index contributed by atoms with van der Waals surface area (Å²) >= 11 is 0. The summed E-state index contributed by atoms with van der Waals surface area (Å²) in [6, 6.07) is 0.250. The molecule has 112 valence electrons. The Balaban J connectivity index is -0.00000112. The van der Waals surface area contributed by atoms with Gasteiger partial charge in [-0.15, -0.1) is 24.8 Å². The van der Waals surface area contributed by atoms with E-state index in [-0.39, 0.29) is 36.8 Å². The van der Waals surface area contributed by atoms with Gasteiger partial charge in [-0.2, -0.15) is 0 Å². The molecular formula is C12H29Cl2N3O. The Bertz CT molecular complexity index is 192. The van der Waals surface area contributed by atoms with Gasteiger partial charge in [0.2, 0.25) is 5.91 Å². The van der Waals surface area contributed by atoms with Crippen molar-refractivity contribution in [3.05, 3.63) is 0 Å². The minimum atomic E-state index is 0. The first-order valence-corrected chi connectivity index (χ1v) is 6.09. The molecule has 0 bridgehead atoms. The monoisotopic (exact) mass is 301 g/mol. The highest BCUT2D eigenvalue weighted by molar-refractivity contribution is 5.85. The van der Waals surface area contributed by atoms with Gasteiger partial charge in [-0.1, -0.05) is 13.8 Å². The van der Waals surface area contributed by atoms with Crippen LogP contribution in [0.4, 0.5) is 0 Å². The Morgan fingerprint density at radius 3 is 2.22 bits per heavy atom. The number of carbonyl (C=O) groups is 1. The van der Waals surface area contributed by atoms with Gasteiger partial charge in [0.05, 0.1) is 0 Å². The summed E-state index contributed by atoms with van der Waals surface area (Å²) in [5, 5.41) is 3.08. The molecule has 1 atom stereocenters. The fourth-order valence-corrected chi connectivity index (χ4v) is 1.75. The molecule has 6 heteroatoms. The van der Waals surface area contributed by atoms with Crippen molar-refractivity contribution in [1.29, 1.82) is 0 Å². The van der Waals surface area contributed by atoms with E-state index < -0.39 is 0 Å². The van der Waals surface area contributed by atoms with Crippen LogP contribution in [0.1, 0.15) is 33.1 Å². The van der Waals surface area contributed by atoms with E-state index in [2.05, 4.69) is 24.1 Å². The highest BCUT2D eigenvalue weighted by Gasteiger charge is 2.14. The Labute approximate surface area is 124 Å². The van der Waals surface area contributed by atoms with Gasteiger partial charge >= 0.3 is 0 Å². The standard InChI is InChI=1S/C12H27N3O.2ClH/c1-10(2)8-11(9-15(3)4)14-12(16)6-5-7-13;;/h10-11H,5-9,13H2,1-4H3,(H,14,16);2*1H. The Morgan fingerprint density at radius 1 is 1.28 bits per heavy atom. The molecule has 3 N–H and O–H groups in total. The maximum atomic E-state index is 11.6. The number of nitrogens with zero attached hydrogens (tertiary/aromatic N) is 1. The first kappa shape index (κ1) is 23.1. The quantitative estimate of drug-likeness (QED) is 0.717. The largest absolute Gasteiger partial charge is 0.352 e. The van der Waals surface area contributed by atoms with Gasteiger partial charge in [-0.05, 0) is 39.4 Å². The highest BCUT2D eigenvalue weighted by atomic mass is 35.5. The summed E-state index contributed by atoms with van der Waals surface area (Å²) in [6.07, 6.45) is 2.33. The molecule has 0 aliphatic heterocycles. The molecule has 4 nitrogen and oxygen atoms in total. The second-order valence-electron chi connectivity index (χ2n) is 5.05. The molecule has 0 aromatic carbocycles. The second-order valence-corrected chi connectivity index (χ2v) is 5.05. The Kier molecular flexibility index (Phi) is 17.2. The van der Waals surface area contributed by atoms with Crippen molar-refractivity contribution in [3.63, 3.8) is 0 Å². The van der Waals surface area contributed by atoms with Crippen molar-refractivity contribution in [3.8, 4) is 0 Å². The third-order valence-electron chi connectivity index (χ3n) is 2.31. The summed E-state index contributed by atoms with van der Waals surface area (Å²) in [7, 11) is 4.05. The highest BCUT2D eigenvalue weighted by Crippen LogP contribution is 2.06. The topological polar surface area (TPSA) is 58.4 Å². The van der Waals surface area contributed by atoms with E-state index in [9.17, 15) is 4.79 Å². The zero-order valence-electron chi connectivity index (χ0n) is 11.9. The van der Waals surface area contributed by atoms with Crippen LogP contribution in [0.3, 0.4) is 0 Å². The summed E-state index contributed by atoms with van der Waals surface area (Å²) in [5.41, 5.74) is 5.38. The van der Waals surface area contributed by atoms with Crippen LogP contribution in [-0.2, 0) is 4.79 Å². The number of likely N-dealkylation sites (N-methyl/N-ethyl adjacent to an activating group) is 1. The number of nitrogens with two attached hydrogens (primary N) is 1. The van der Waals surface area contributed by atoms with E-state index in [0.717, 1.165) is 19.4 Å². The maximum absolute atomic E-state index is 11.6. The summed E-state index contributed by atoms with van der Waals surface area (Å²) in [5.74, 6) is 0.720.